The smallest absolute Gasteiger partial charge is 0.352 e. The summed E-state index contributed by atoms with van der Waals surface area (Å²) in [5.41, 5.74) is 0.225. The van der Waals surface area contributed by atoms with Crippen LogP contribution < -0.4 is 20.9 Å². The quantitative estimate of drug-likeness (QED) is 0.467. The third-order valence-corrected chi connectivity index (χ3v) is 8.97. The monoisotopic (exact) mass is 569 g/mol. The number of allylic oxidation sites excluding steroid dienone is 5. The minimum absolute atomic E-state index is 0.126. The molecule has 0 amide bonds. The lowest BCUT2D eigenvalue weighted by molar-refractivity contribution is -0.140. The van der Waals surface area contributed by atoms with Crippen molar-refractivity contribution < 1.29 is 24.2 Å². The van der Waals surface area contributed by atoms with Gasteiger partial charge in [-0.15, -0.1) is 0 Å². The van der Waals surface area contributed by atoms with E-state index in [4.69, 9.17) is 9.47 Å². The van der Waals surface area contributed by atoms with Crippen LogP contribution in [0.3, 0.4) is 0 Å². The minimum Gasteiger partial charge on any atom is -0.502 e. The highest BCUT2D eigenvalue weighted by Gasteiger charge is 2.58. The van der Waals surface area contributed by atoms with Crippen LogP contribution in [0.4, 0.5) is 0 Å². The summed E-state index contributed by atoms with van der Waals surface area (Å²) in [4.78, 5) is 54.6. The fraction of sp³-hybridized carbons (Fsp3) is 0.312. The molecule has 0 spiro atoms. The number of phenols is 1. The lowest BCUT2D eigenvalue weighted by atomic mass is 9.52. The van der Waals surface area contributed by atoms with Gasteiger partial charge in [-0.05, 0) is 60.4 Å². The number of aromatic nitrogens is 3. The second-order valence-electron chi connectivity index (χ2n) is 11.1. The van der Waals surface area contributed by atoms with E-state index in [-0.39, 0.29) is 41.8 Å². The van der Waals surface area contributed by atoms with Gasteiger partial charge >= 0.3 is 11.4 Å². The maximum absolute atomic E-state index is 13.8. The number of hydrogen-bond acceptors (Lipinski definition) is 7. The molecule has 1 aliphatic heterocycles. The third-order valence-electron chi connectivity index (χ3n) is 8.97. The average Bonchev–Trinajstić information content (AvgIpc) is 3.25. The van der Waals surface area contributed by atoms with Gasteiger partial charge in [0.2, 0.25) is 5.75 Å². The van der Waals surface area contributed by atoms with E-state index in [1.807, 2.05) is 19.1 Å². The van der Waals surface area contributed by atoms with Crippen LogP contribution in [0.2, 0.25) is 0 Å². The van der Waals surface area contributed by atoms with E-state index >= 15 is 0 Å². The van der Waals surface area contributed by atoms with Gasteiger partial charge in [-0.3, -0.25) is 9.59 Å². The summed E-state index contributed by atoms with van der Waals surface area (Å²) in [6.45, 7) is 3.61. The van der Waals surface area contributed by atoms with Crippen LogP contribution in [0.1, 0.15) is 31.9 Å². The normalized spacial score (nSPS) is 24.9. The van der Waals surface area contributed by atoms with Crippen molar-refractivity contribution in [3.8, 4) is 22.9 Å². The number of Topliss-reactive ketones (excluding diaryl/α,β-unsaturated/α-hetero) is 1. The zero-order valence-corrected chi connectivity index (χ0v) is 23.7. The minimum atomic E-state index is -1.10. The van der Waals surface area contributed by atoms with Crippen LogP contribution in [-0.2, 0) is 16.1 Å². The predicted molar refractivity (Wildman–Crippen MR) is 155 cm³/mol. The number of ketones is 2. The van der Waals surface area contributed by atoms with E-state index in [0.717, 1.165) is 10.1 Å². The Kier molecular flexibility index (Phi) is 6.44. The van der Waals surface area contributed by atoms with Crippen molar-refractivity contribution in [3.05, 3.63) is 98.4 Å². The number of carbonyl (C=O) groups is 2. The summed E-state index contributed by atoms with van der Waals surface area (Å²) in [7, 11) is 2.87. The summed E-state index contributed by atoms with van der Waals surface area (Å²) in [6, 6.07) is 11.4. The third kappa shape index (κ3) is 3.85. The molecule has 3 aromatic rings. The highest BCUT2D eigenvalue weighted by atomic mass is 16.5. The molecule has 42 heavy (non-hydrogen) atoms. The number of rotatable bonds is 5. The topological polar surface area (TPSA) is 122 Å². The molecule has 1 N–H and O–H groups in total. The second-order valence-corrected chi connectivity index (χ2v) is 11.1. The van der Waals surface area contributed by atoms with E-state index in [0.29, 0.717) is 16.8 Å². The molecule has 6 rings (SSSR count). The van der Waals surface area contributed by atoms with Crippen LogP contribution >= 0.6 is 0 Å². The van der Waals surface area contributed by atoms with Gasteiger partial charge in [0.1, 0.15) is 0 Å². The van der Waals surface area contributed by atoms with E-state index in [1.165, 1.54) is 29.7 Å². The van der Waals surface area contributed by atoms with Crippen molar-refractivity contribution in [2.24, 2.45) is 17.3 Å². The molecule has 1 fully saturated rings. The van der Waals surface area contributed by atoms with Crippen molar-refractivity contribution in [3.63, 3.8) is 0 Å². The Balaban J connectivity index is 1.52. The van der Waals surface area contributed by atoms with Crippen LogP contribution in [0, 0.1) is 17.3 Å². The molecule has 2 aromatic carbocycles. The fourth-order valence-corrected chi connectivity index (χ4v) is 6.87. The molecular weight excluding hydrogens is 538 g/mol. The lowest BCUT2D eigenvalue weighted by Crippen LogP contribution is -2.55. The zero-order chi connectivity index (χ0) is 29.9. The van der Waals surface area contributed by atoms with Gasteiger partial charge in [0.05, 0.1) is 37.9 Å². The Morgan fingerprint density at radius 1 is 1.00 bits per heavy atom. The molecular formula is C32H31N3O7. The second kappa shape index (κ2) is 9.90. The van der Waals surface area contributed by atoms with Gasteiger partial charge in [0.25, 0.3) is 0 Å². The molecule has 216 valence electrons. The highest BCUT2D eigenvalue weighted by Crippen LogP contribution is 2.56. The zero-order valence-electron chi connectivity index (χ0n) is 23.7. The van der Waals surface area contributed by atoms with E-state index in [1.54, 1.807) is 55.5 Å². The number of fused-ring (bicyclic) bond motifs is 4. The average molecular weight is 570 g/mol. The number of carbonyl (C=O) groups excluding carboxylic acids is 2. The van der Waals surface area contributed by atoms with Crippen molar-refractivity contribution in [1.29, 1.82) is 0 Å². The molecule has 3 aliphatic rings. The van der Waals surface area contributed by atoms with Gasteiger partial charge in [-0.1, -0.05) is 43.4 Å². The van der Waals surface area contributed by atoms with Crippen molar-refractivity contribution in [2.75, 3.05) is 14.2 Å². The molecule has 2 heterocycles. The first-order valence-corrected chi connectivity index (χ1v) is 13.7. The molecule has 1 aromatic heterocycles. The Morgan fingerprint density at radius 2 is 1.67 bits per heavy atom. The number of aromatic hydroxyl groups is 1. The molecule has 0 unspecified atom stereocenters. The summed E-state index contributed by atoms with van der Waals surface area (Å²) in [5.74, 6) is -1.26. The number of hydrogen-bond donors (Lipinski definition) is 1. The number of methoxy groups -OCH3 is 2. The van der Waals surface area contributed by atoms with Gasteiger partial charge < -0.3 is 14.6 Å². The lowest BCUT2D eigenvalue weighted by Gasteiger charge is -2.51. The maximum atomic E-state index is 13.8. The number of phenolic OH excluding ortho intramolecular Hbond substituents is 1. The van der Waals surface area contributed by atoms with Gasteiger partial charge in [0.15, 0.2) is 23.1 Å². The van der Waals surface area contributed by atoms with Crippen LogP contribution in [-0.4, -0.2) is 44.8 Å². The highest BCUT2D eigenvalue weighted by molar-refractivity contribution is 6.13. The van der Waals surface area contributed by atoms with E-state index in [9.17, 15) is 24.3 Å². The van der Waals surface area contributed by atoms with Crippen molar-refractivity contribution in [2.45, 2.75) is 32.9 Å². The summed E-state index contributed by atoms with van der Waals surface area (Å²) >= 11 is 0. The molecule has 10 heteroatoms. The summed E-state index contributed by atoms with van der Waals surface area (Å²) < 4.78 is 14.6. The standard InChI is InChI=1S/C32H31N3O7/c1-18-14-25(36)23-17-24-21(12-13-33-30(39)34(31(40)35(24)33)20-8-6-5-7-9-20)22(32(23,2)29(18)38)11-10-19-15-26(41-3)28(37)27(16-19)42-4/h5-12,14-16,22-24,37H,13,17H2,1-4H3/t22-,23-,24+,32-/m0/s1. The molecule has 0 saturated heterocycles. The number of nitrogens with zero attached hydrogens (tertiary/aromatic N) is 3. The molecule has 4 atom stereocenters. The Bertz CT molecular complexity index is 1810. The Hall–Kier alpha value is -4.86. The van der Waals surface area contributed by atoms with Crippen LogP contribution in [0.5, 0.6) is 17.2 Å². The summed E-state index contributed by atoms with van der Waals surface area (Å²) in [6.07, 6.45) is 7.17. The largest absolute Gasteiger partial charge is 0.502 e. The van der Waals surface area contributed by atoms with Gasteiger partial charge in [-0.25, -0.2) is 23.5 Å². The van der Waals surface area contributed by atoms with Crippen LogP contribution in [0.15, 0.2) is 81.4 Å². The fourth-order valence-electron chi connectivity index (χ4n) is 6.87. The Morgan fingerprint density at radius 3 is 2.31 bits per heavy atom. The van der Waals surface area contributed by atoms with Gasteiger partial charge in [0, 0.05) is 11.8 Å². The Labute approximate surface area is 241 Å². The van der Waals surface area contributed by atoms with E-state index < -0.39 is 34.7 Å². The molecule has 10 nitrogen and oxygen atoms in total. The predicted octanol–water partition coefficient (Wildman–Crippen LogP) is 3.46. The van der Waals surface area contributed by atoms with Crippen molar-refractivity contribution >= 4 is 17.6 Å². The molecule has 0 radical (unpaired) electrons. The first-order chi connectivity index (χ1) is 20.1. The maximum Gasteiger partial charge on any atom is 0.352 e. The molecule has 0 bridgehead atoms. The summed E-state index contributed by atoms with van der Waals surface area (Å²) in [5, 5.41) is 10.4. The number of benzene rings is 2. The van der Waals surface area contributed by atoms with E-state index in [2.05, 4.69) is 0 Å². The van der Waals surface area contributed by atoms with Crippen LogP contribution in [0.25, 0.3) is 11.8 Å². The first-order valence-electron chi connectivity index (χ1n) is 13.7. The first kappa shape index (κ1) is 27.3. The van der Waals surface area contributed by atoms with Crippen molar-refractivity contribution in [1.82, 2.24) is 13.9 Å². The molecule has 1 saturated carbocycles. The number of para-hydroxylation sites is 1. The number of ether oxygens (including phenoxy) is 2. The molecule has 2 aliphatic carbocycles. The SMILES string of the molecule is COc1cc(C=C[C@H]2C3=CCn4c(=O)n(-c5ccccc5)c(=O)n4[C@@H]3C[C@H]3C(=O)C=C(C)C(=O)[C@@]23C)cc(OC)c1O. The van der Waals surface area contributed by atoms with Gasteiger partial charge in [-0.2, -0.15) is 0 Å².